The maximum absolute atomic E-state index is 5.54. The van der Waals surface area contributed by atoms with Gasteiger partial charge in [-0.1, -0.05) is 41.0 Å². The molecule has 0 bridgehead atoms. The maximum atomic E-state index is 5.54. The number of hydrogen-bond acceptors (Lipinski definition) is 2. The van der Waals surface area contributed by atoms with Gasteiger partial charge in [-0.15, -0.1) is 18.5 Å². The molecule has 2 atom stereocenters. The molecular formula is C13H39BF2O2P2. The van der Waals surface area contributed by atoms with Crippen molar-refractivity contribution in [3.8, 4) is 0 Å². The average molecular weight is 338 g/mol. The zero-order chi connectivity index (χ0) is 16.0. The Labute approximate surface area is 131 Å². The van der Waals surface area contributed by atoms with Crippen LogP contribution in [0, 0.1) is 0 Å². The third kappa shape index (κ3) is 15.1. The van der Waals surface area contributed by atoms with Crippen molar-refractivity contribution in [3.63, 3.8) is 0 Å². The van der Waals surface area contributed by atoms with Gasteiger partial charge in [0.1, 0.15) is 0 Å². The molecule has 0 radical (unpaired) electrons. The molecule has 1 heterocycles. The highest BCUT2D eigenvalue weighted by Crippen LogP contribution is 2.36. The van der Waals surface area contributed by atoms with Crippen molar-refractivity contribution >= 4 is 25.6 Å². The van der Waals surface area contributed by atoms with E-state index in [0.29, 0.717) is 0 Å². The van der Waals surface area contributed by atoms with Crippen molar-refractivity contribution in [2.75, 3.05) is 13.3 Å². The summed E-state index contributed by atoms with van der Waals surface area (Å²) < 4.78 is 11.1. The van der Waals surface area contributed by atoms with Crippen LogP contribution in [0.5, 0.6) is 0 Å². The van der Waals surface area contributed by atoms with E-state index in [1.54, 1.807) is 0 Å². The zero-order valence-corrected chi connectivity index (χ0v) is 17.7. The predicted octanol–water partition coefficient (Wildman–Crippen LogP) is 5.05. The third-order valence-electron chi connectivity index (χ3n) is 2.37. The smallest absolute Gasteiger partial charge is 0.403 e. The highest BCUT2D eigenvalue weighted by molar-refractivity contribution is 7.15. The molecule has 130 valence electrons. The van der Waals surface area contributed by atoms with E-state index in [-0.39, 0.29) is 27.7 Å². The summed E-state index contributed by atoms with van der Waals surface area (Å²) in [5.74, 6) is 0. The van der Waals surface area contributed by atoms with Crippen LogP contribution in [0.15, 0.2) is 0 Å². The van der Waals surface area contributed by atoms with Crippen molar-refractivity contribution in [2.24, 2.45) is 0 Å². The summed E-state index contributed by atoms with van der Waals surface area (Å²) in [6, 6.07) is 0. The van der Waals surface area contributed by atoms with Gasteiger partial charge in [-0.05, 0) is 34.5 Å². The Morgan fingerprint density at radius 1 is 0.650 bits per heavy atom. The van der Waals surface area contributed by atoms with Crippen molar-refractivity contribution in [2.45, 2.75) is 73.4 Å². The second-order valence-corrected chi connectivity index (χ2v) is 3.82. The van der Waals surface area contributed by atoms with Crippen LogP contribution in [0.25, 0.3) is 0 Å². The highest BCUT2D eigenvalue weighted by atomic mass is 31.0. The largest absolute Gasteiger partial charge is 0.454 e. The maximum Gasteiger partial charge on any atom is 0.454 e. The van der Waals surface area contributed by atoms with Crippen LogP contribution in [-0.4, -0.2) is 31.7 Å². The van der Waals surface area contributed by atoms with Crippen LogP contribution in [0.2, 0.25) is 6.82 Å². The molecule has 0 aromatic heterocycles. The quantitative estimate of drug-likeness (QED) is 0.455. The molecule has 0 aromatic carbocycles. The molecule has 1 fully saturated rings. The predicted molar refractivity (Wildman–Crippen MR) is 101 cm³/mol. The molecule has 1 aliphatic heterocycles. The molecule has 2 nitrogen and oxygen atoms in total. The second-order valence-electron chi connectivity index (χ2n) is 3.82. The Morgan fingerprint density at radius 2 is 0.800 bits per heavy atom. The van der Waals surface area contributed by atoms with Crippen LogP contribution in [0.4, 0.5) is 9.41 Å². The van der Waals surface area contributed by atoms with E-state index >= 15 is 0 Å². The fourth-order valence-electron chi connectivity index (χ4n) is 1.14. The lowest BCUT2D eigenvalue weighted by Gasteiger charge is -2.32. The molecule has 0 saturated carbocycles. The first-order valence-electron chi connectivity index (χ1n) is 6.86. The highest BCUT2D eigenvalue weighted by Gasteiger charge is 2.48. The van der Waals surface area contributed by atoms with Crippen molar-refractivity contribution in [1.82, 2.24) is 0 Å². The monoisotopic (exact) mass is 338 g/mol. The first-order valence-corrected chi connectivity index (χ1v) is 9.17. The average Bonchev–Trinajstić information content (AvgIpc) is 2.56. The number of hydrogen-bond donors (Lipinski definition) is 0. The van der Waals surface area contributed by atoms with Gasteiger partial charge in [-0.3, -0.25) is 9.41 Å². The van der Waals surface area contributed by atoms with Crippen LogP contribution in [-0.2, 0) is 9.31 Å². The minimum Gasteiger partial charge on any atom is -0.403 e. The summed E-state index contributed by atoms with van der Waals surface area (Å²) in [4.78, 5) is 0. The van der Waals surface area contributed by atoms with Gasteiger partial charge in [0.2, 0.25) is 0 Å². The van der Waals surface area contributed by atoms with Crippen molar-refractivity contribution in [3.05, 3.63) is 0 Å². The lowest BCUT2D eigenvalue weighted by molar-refractivity contribution is 0.00578. The van der Waals surface area contributed by atoms with Gasteiger partial charge in [0.15, 0.2) is 0 Å². The Balaban J connectivity index is -0.0000000428. The van der Waals surface area contributed by atoms with Crippen LogP contribution < -0.4 is 0 Å². The van der Waals surface area contributed by atoms with Gasteiger partial charge in [-0.25, -0.2) is 0 Å². The molecule has 20 heavy (non-hydrogen) atoms. The molecule has 0 aromatic rings. The lowest BCUT2D eigenvalue weighted by Crippen LogP contribution is -2.41. The Bertz CT molecular complexity index is 147. The molecule has 0 spiro atoms. The van der Waals surface area contributed by atoms with Crippen LogP contribution in [0.1, 0.15) is 55.4 Å². The summed E-state index contributed by atoms with van der Waals surface area (Å²) in [6.45, 7) is 22.0. The Hall–Kier alpha value is 0.705. The summed E-state index contributed by atoms with van der Waals surface area (Å²) in [5, 5.41) is 0. The Morgan fingerprint density at radius 3 is 0.850 bits per heavy atom. The van der Waals surface area contributed by atoms with E-state index in [1.165, 1.54) is 0 Å². The van der Waals surface area contributed by atoms with Crippen molar-refractivity contribution < 1.29 is 18.7 Å². The third-order valence-corrected chi connectivity index (χ3v) is 2.37. The lowest BCUT2D eigenvalue weighted by atomic mass is 9.90. The molecule has 0 N–H and O–H groups in total. The molecule has 1 aliphatic rings. The van der Waals surface area contributed by atoms with E-state index in [9.17, 15) is 0 Å². The normalized spacial score (nSPS) is 15.8. The summed E-state index contributed by atoms with van der Waals surface area (Å²) >= 11 is 0. The van der Waals surface area contributed by atoms with E-state index in [2.05, 4.69) is 46.2 Å². The van der Waals surface area contributed by atoms with Gasteiger partial charge in [0, 0.05) is 0 Å². The first kappa shape index (κ1) is 37.2. The van der Waals surface area contributed by atoms with Gasteiger partial charge < -0.3 is 9.31 Å². The van der Waals surface area contributed by atoms with E-state index in [4.69, 9.17) is 9.31 Å². The second kappa shape index (κ2) is 22.0. The summed E-state index contributed by atoms with van der Waals surface area (Å²) in [6.07, 6.45) is 0. The number of rotatable bonds is 0. The van der Waals surface area contributed by atoms with Gasteiger partial charge >= 0.3 is 7.12 Å². The van der Waals surface area contributed by atoms with E-state index in [1.807, 2.05) is 47.8 Å². The fraction of sp³-hybridized carbons (Fsp3) is 1.00. The van der Waals surface area contributed by atoms with Crippen molar-refractivity contribution in [1.29, 1.82) is 0 Å². The molecule has 2 unspecified atom stereocenters. The molecule has 7 heteroatoms. The van der Waals surface area contributed by atoms with Crippen LogP contribution >= 0.6 is 18.5 Å². The minimum atomic E-state index is -0.160. The van der Waals surface area contributed by atoms with Crippen LogP contribution in [0.3, 0.4) is 0 Å². The molecule has 0 amide bonds. The van der Waals surface area contributed by atoms with Gasteiger partial charge in [-0.2, -0.15) is 0 Å². The first-order chi connectivity index (χ1) is 8.35. The SMILES string of the molecule is CB1OC(C)(C)C(C)(C)O1.CC.CC.CP.CP.F.F. The molecular weight excluding hydrogens is 299 g/mol. The zero-order valence-electron chi connectivity index (χ0n) is 15.4. The Kier molecular flexibility index (Phi) is 40.9. The van der Waals surface area contributed by atoms with E-state index in [0.717, 1.165) is 0 Å². The fourth-order valence-corrected chi connectivity index (χ4v) is 1.14. The molecule has 1 rings (SSSR count). The molecule has 1 saturated heterocycles. The van der Waals surface area contributed by atoms with Gasteiger partial charge in [0.25, 0.3) is 0 Å². The summed E-state index contributed by atoms with van der Waals surface area (Å²) in [7, 11) is 4.77. The molecule has 0 aliphatic carbocycles. The number of halogens is 2. The van der Waals surface area contributed by atoms with Gasteiger partial charge in [0.05, 0.1) is 11.2 Å². The summed E-state index contributed by atoms with van der Waals surface area (Å²) in [5.41, 5.74) is -0.321. The van der Waals surface area contributed by atoms with E-state index < -0.39 is 0 Å². The standard InChI is InChI=1S/C7H15BO2.2C2H6.2CH5P.2FH/c1-6(2)7(3,4)10-8(5)9-6;4*1-2;;/h1-5H3;2*1-2H3;2*2H2,1H3;2*1H. The minimum absolute atomic E-state index is 0. The topological polar surface area (TPSA) is 18.5 Å².